The van der Waals surface area contributed by atoms with Crippen molar-refractivity contribution in [1.29, 1.82) is 0 Å². The molecule has 1 N–H and O–H groups in total. The first-order valence-electron chi connectivity index (χ1n) is 6.20. The van der Waals surface area contributed by atoms with Crippen molar-refractivity contribution in [3.63, 3.8) is 0 Å². The molecule has 0 unspecified atom stereocenters. The molecule has 8 nitrogen and oxygen atoms in total. The van der Waals surface area contributed by atoms with Gasteiger partial charge in [0.05, 0.1) is 11.7 Å². The summed E-state index contributed by atoms with van der Waals surface area (Å²) in [6, 6.07) is 0.916. The average molecular weight is 299 g/mol. The number of nitrogens with one attached hydrogen (secondary N) is 1. The third kappa shape index (κ3) is 2.88. The van der Waals surface area contributed by atoms with Crippen molar-refractivity contribution < 1.29 is 12.9 Å². The van der Waals surface area contributed by atoms with Crippen LogP contribution in [0.3, 0.4) is 0 Å². The van der Waals surface area contributed by atoms with Gasteiger partial charge >= 0.3 is 0 Å². The lowest BCUT2D eigenvalue weighted by Crippen LogP contribution is -2.29. The topological polar surface area (TPSA) is 103 Å². The Morgan fingerprint density at radius 1 is 1.45 bits per heavy atom. The summed E-state index contributed by atoms with van der Waals surface area (Å²) in [5.74, 6) is 0.686. The largest absolute Gasteiger partial charge is 0.338 e. The minimum absolute atomic E-state index is 0.126. The van der Waals surface area contributed by atoms with Crippen molar-refractivity contribution in [1.82, 2.24) is 24.6 Å². The third-order valence-electron chi connectivity index (χ3n) is 2.69. The van der Waals surface area contributed by atoms with Crippen LogP contribution in [-0.4, -0.2) is 28.3 Å². The number of hydrogen-bond donors (Lipinski definition) is 1. The van der Waals surface area contributed by atoms with Crippen LogP contribution >= 0.6 is 0 Å². The maximum absolute atomic E-state index is 12.4. The zero-order valence-electron chi connectivity index (χ0n) is 11.8. The van der Waals surface area contributed by atoms with Gasteiger partial charge in [-0.05, 0) is 33.8 Å². The Hall–Kier alpha value is -1.74. The van der Waals surface area contributed by atoms with Crippen molar-refractivity contribution >= 4 is 10.0 Å². The van der Waals surface area contributed by atoms with Gasteiger partial charge in [0.25, 0.3) is 10.0 Å². The van der Waals surface area contributed by atoms with Crippen molar-refractivity contribution in [2.75, 3.05) is 0 Å². The standard InChI is InChI=1S/C11H17N5O3S/c1-5-16-10(6-7(2)13-16)20(17,18)15-8(3)11-12-9(4)14-19-11/h6,8,15H,5H2,1-4H3/t8-/m0/s1. The zero-order chi connectivity index (χ0) is 14.9. The second-order valence-corrected chi connectivity index (χ2v) is 6.12. The molecule has 2 aromatic rings. The van der Waals surface area contributed by atoms with Crippen LogP contribution in [0.15, 0.2) is 15.6 Å². The molecule has 0 aliphatic rings. The molecule has 0 amide bonds. The molecule has 1 atom stereocenters. The van der Waals surface area contributed by atoms with Gasteiger partial charge in [0.2, 0.25) is 5.89 Å². The second-order valence-electron chi connectivity index (χ2n) is 4.46. The highest BCUT2D eigenvalue weighted by Crippen LogP contribution is 2.16. The Bertz CT molecular complexity index is 703. The summed E-state index contributed by atoms with van der Waals surface area (Å²) in [5, 5.41) is 7.89. The number of sulfonamides is 1. The second kappa shape index (κ2) is 5.33. The fourth-order valence-electron chi connectivity index (χ4n) is 1.80. The molecule has 0 aromatic carbocycles. The molecule has 110 valence electrons. The quantitative estimate of drug-likeness (QED) is 0.881. The highest BCUT2D eigenvalue weighted by Gasteiger charge is 2.25. The first-order valence-corrected chi connectivity index (χ1v) is 7.68. The highest BCUT2D eigenvalue weighted by atomic mass is 32.2. The van der Waals surface area contributed by atoms with Crippen molar-refractivity contribution in [2.45, 2.75) is 45.3 Å². The normalized spacial score (nSPS) is 13.6. The van der Waals surface area contributed by atoms with Crippen LogP contribution in [0.1, 0.15) is 37.3 Å². The molecule has 0 fully saturated rings. The van der Waals surface area contributed by atoms with Gasteiger partial charge in [0.1, 0.15) is 0 Å². The van der Waals surface area contributed by atoms with E-state index in [2.05, 4.69) is 20.0 Å². The summed E-state index contributed by atoms with van der Waals surface area (Å²) in [5.41, 5.74) is 0.647. The monoisotopic (exact) mass is 299 g/mol. The predicted molar refractivity (Wildman–Crippen MR) is 70.4 cm³/mol. The summed E-state index contributed by atoms with van der Waals surface area (Å²) in [7, 11) is -3.70. The summed E-state index contributed by atoms with van der Waals surface area (Å²) >= 11 is 0. The van der Waals surface area contributed by atoms with Crippen LogP contribution in [-0.2, 0) is 16.6 Å². The lowest BCUT2D eigenvalue weighted by Gasteiger charge is -2.11. The molecule has 0 saturated heterocycles. The Morgan fingerprint density at radius 3 is 2.70 bits per heavy atom. The Balaban J connectivity index is 2.27. The minimum Gasteiger partial charge on any atom is -0.338 e. The highest BCUT2D eigenvalue weighted by molar-refractivity contribution is 7.89. The summed E-state index contributed by atoms with van der Waals surface area (Å²) < 4.78 is 33.6. The fraction of sp³-hybridized carbons (Fsp3) is 0.545. The molecular formula is C11H17N5O3S. The van der Waals surface area contributed by atoms with Gasteiger partial charge in [-0.25, -0.2) is 8.42 Å². The number of hydrogen-bond acceptors (Lipinski definition) is 6. The van der Waals surface area contributed by atoms with E-state index in [-0.39, 0.29) is 10.9 Å². The number of aryl methyl sites for hydroxylation is 3. The molecule has 2 heterocycles. The van der Waals surface area contributed by atoms with Crippen LogP contribution in [0, 0.1) is 13.8 Å². The van der Waals surface area contributed by atoms with E-state index < -0.39 is 16.1 Å². The first kappa shape index (κ1) is 14.7. The molecular weight excluding hydrogens is 282 g/mol. The van der Waals surface area contributed by atoms with Gasteiger partial charge in [-0.3, -0.25) is 4.68 Å². The van der Waals surface area contributed by atoms with Gasteiger partial charge in [-0.2, -0.15) is 14.8 Å². The smallest absolute Gasteiger partial charge is 0.258 e. The van der Waals surface area contributed by atoms with E-state index in [4.69, 9.17) is 4.52 Å². The van der Waals surface area contributed by atoms with Gasteiger partial charge in [-0.1, -0.05) is 5.16 Å². The van der Waals surface area contributed by atoms with Gasteiger partial charge in [-0.15, -0.1) is 0 Å². The summed E-state index contributed by atoms with van der Waals surface area (Å²) in [4.78, 5) is 4.01. The lowest BCUT2D eigenvalue weighted by molar-refractivity contribution is 0.350. The van der Waals surface area contributed by atoms with E-state index in [1.165, 1.54) is 10.7 Å². The minimum atomic E-state index is -3.70. The van der Waals surface area contributed by atoms with Gasteiger partial charge in [0, 0.05) is 6.54 Å². The van der Waals surface area contributed by atoms with Crippen LogP contribution in [0.2, 0.25) is 0 Å². The maximum Gasteiger partial charge on any atom is 0.258 e. The average Bonchev–Trinajstić information content (AvgIpc) is 2.95. The van der Waals surface area contributed by atoms with E-state index in [0.29, 0.717) is 18.1 Å². The van der Waals surface area contributed by atoms with E-state index in [1.54, 1.807) is 20.8 Å². The molecule has 9 heteroatoms. The van der Waals surface area contributed by atoms with Crippen LogP contribution < -0.4 is 4.72 Å². The van der Waals surface area contributed by atoms with E-state index >= 15 is 0 Å². The molecule has 0 aliphatic heterocycles. The van der Waals surface area contributed by atoms with Crippen molar-refractivity contribution in [2.24, 2.45) is 0 Å². The zero-order valence-corrected chi connectivity index (χ0v) is 12.6. The molecule has 0 bridgehead atoms. The lowest BCUT2D eigenvalue weighted by atomic mass is 10.4. The maximum atomic E-state index is 12.4. The molecule has 2 rings (SSSR count). The van der Waals surface area contributed by atoms with Gasteiger partial charge in [0.15, 0.2) is 10.9 Å². The van der Waals surface area contributed by atoms with E-state index in [1.807, 2.05) is 6.92 Å². The van der Waals surface area contributed by atoms with Gasteiger partial charge < -0.3 is 4.52 Å². The molecule has 0 saturated carbocycles. The Morgan fingerprint density at radius 2 is 2.15 bits per heavy atom. The molecule has 0 spiro atoms. The van der Waals surface area contributed by atoms with Crippen molar-refractivity contribution in [3.05, 3.63) is 23.5 Å². The number of nitrogens with zero attached hydrogens (tertiary/aromatic N) is 4. The van der Waals surface area contributed by atoms with Crippen LogP contribution in [0.5, 0.6) is 0 Å². The van der Waals surface area contributed by atoms with E-state index in [9.17, 15) is 8.42 Å². The summed E-state index contributed by atoms with van der Waals surface area (Å²) in [6.45, 7) is 7.36. The van der Waals surface area contributed by atoms with Crippen molar-refractivity contribution in [3.8, 4) is 0 Å². The molecule has 20 heavy (non-hydrogen) atoms. The Labute approximate surface area is 117 Å². The van der Waals surface area contributed by atoms with Crippen LogP contribution in [0.25, 0.3) is 0 Å². The number of aromatic nitrogens is 4. The predicted octanol–water partition coefficient (Wildman–Crippen LogP) is 0.942. The SMILES string of the molecule is CCn1nc(C)cc1S(=O)(=O)N[C@@H](C)c1nc(C)no1. The summed E-state index contributed by atoms with van der Waals surface area (Å²) in [6.07, 6.45) is 0. The fourth-order valence-corrected chi connectivity index (χ4v) is 3.26. The van der Waals surface area contributed by atoms with Crippen LogP contribution in [0.4, 0.5) is 0 Å². The Kier molecular flexibility index (Phi) is 3.91. The third-order valence-corrected chi connectivity index (χ3v) is 4.23. The number of rotatable bonds is 5. The molecule has 0 aliphatic carbocycles. The molecule has 0 radical (unpaired) electrons. The first-order chi connectivity index (χ1) is 9.33. The van der Waals surface area contributed by atoms with E-state index in [0.717, 1.165) is 0 Å². The molecule has 2 aromatic heterocycles.